The van der Waals surface area contributed by atoms with E-state index in [0.29, 0.717) is 11.3 Å². The minimum Gasteiger partial charge on any atom is -0.393 e. The molecular weight excluding hydrogens is 404 g/mol. The first kappa shape index (κ1) is 25.7. The van der Waals surface area contributed by atoms with E-state index in [1.54, 1.807) is 5.57 Å². The SMILES string of the molecule is CCCCC(C)(O)CC1=CC[C@@H]2[C@H](CC[C@]3(C)[C@@H]([C@H](C)CC[C@H](O)C4CCCC4)CC[C@@H]23)C1. The van der Waals surface area contributed by atoms with E-state index in [4.69, 9.17) is 0 Å². The van der Waals surface area contributed by atoms with E-state index in [1.165, 1.54) is 77.0 Å². The van der Waals surface area contributed by atoms with Crippen LogP contribution in [0.3, 0.4) is 0 Å². The van der Waals surface area contributed by atoms with Crippen molar-refractivity contribution in [1.29, 1.82) is 0 Å². The quantitative estimate of drug-likeness (QED) is 0.325. The van der Waals surface area contributed by atoms with Gasteiger partial charge in [-0.2, -0.15) is 0 Å². The molecule has 0 amide bonds. The molecule has 0 saturated heterocycles. The molecule has 0 aromatic heterocycles. The van der Waals surface area contributed by atoms with Crippen LogP contribution in [0.25, 0.3) is 0 Å². The monoisotopic (exact) mass is 458 g/mol. The molecule has 4 rings (SSSR count). The van der Waals surface area contributed by atoms with E-state index in [-0.39, 0.29) is 6.10 Å². The van der Waals surface area contributed by atoms with Crippen molar-refractivity contribution in [3.8, 4) is 0 Å². The van der Waals surface area contributed by atoms with Crippen molar-refractivity contribution in [2.75, 3.05) is 0 Å². The van der Waals surface area contributed by atoms with Gasteiger partial charge in [-0.05, 0) is 125 Å². The summed E-state index contributed by atoms with van der Waals surface area (Å²) >= 11 is 0. The second-order valence-corrected chi connectivity index (χ2v) is 13.5. The fourth-order valence-electron chi connectivity index (χ4n) is 9.17. The van der Waals surface area contributed by atoms with Gasteiger partial charge >= 0.3 is 0 Å². The van der Waals surface area contributed by atoms with Gasteiger partial charge < -0.3 is 10.2 Å². The van der Waals surface area contributed by atoms with E-state index in [2.05, 4.69) is 33.8 Å². The van der Waals surface area contributed by atoms with Crippen molar-refractivity contribution in [2.45, 2.75) is 142 Å². The molecule has 1 unspecified atom stereocenters. The highest BCUT2D eigenvalue weighted by Gasteiger charge is 2.54. The zero-order valence-electron chi connectivity index (χ0n) is 22.3. The summed E-state index contributed by atoms with van der Waals surface area (Å²) in [4.78, 5) is 0. The third-order valence-corrected chi connectivity index (χ3v) is 11.1. The normalized spacial score (nSPS) is 38.3. The van der Waals surface area contributed by atoms with Crippen LogP contribution >= 0.6 is 0 Å². The summed E-state index contributed by atoms with van der Waals surface area (Å²) in [6, 6.07) is 0. The molecule has 0 radical (unpaired) electrons. The molecule has 0 aromatic rings. The lowest BCUT2D eigenvalue weighted by Gasteiger charge is -2.51. The molecule has 3 saturated carbocycles. The Bertz CT molecular complexity index is 660. The summed E-state index contributed by atoms with van der Waals surface area (Å²) in [5.41, 5.74) is 1.54. The Morgan fingerprint density at radius 3 is 2.61 bits per heavy atom. The van der Waals surface area contributed by atoms with Crippen LogP contribution in [-0.4, -0.2) is 21.9 Å². The number of rotatable bonds is 10. The lowest BCUT2D eigenvalue weighted by Crippen LogP contribution is -2.44. The summed E-state index contributed by atoms with van der Waals surface area (Å²) < 4.78 is 0. The van der Waals surface area contributed by atoms with Crippen molar-refractivity contribution in [3.63, 3.8) is 0 Å². The first-order valence-corrected chi connectivity index (χ1v) is 14.8. The number of allylic oxidation sites excluding steroid dienone is 1. The van der Waals surface area contributed by atoms with E-state index >= 15 is 0 Å². The van der Waals surface area contributed by atoms with Crippen LogP contribution in [0.15, 0.2) is 11.6 Å². The zero-order valence-corrected chi connectivity index (χ0v) is 22.3. The van der Waals surface area contributed by atoms with Gasteiger partial charge in [-0.25, -0.2) is 0 Å². The third-order valence-electron chi connectivity index (χ3n) is 11.1. The number of aliphatic hydroxyl groups is 2. The van der Waals surface area contributed by atoms with Gasteiger partial charge in [0.15, 0.2) is 0 Å². The average Bonchev–Trinajstić information content (AvgIpc) is 3.43. The van der Waals surface area contributed by atoms with Crippen LogP contribution in [0.5, 0.6) is 0 Å². The second kappa shape index (κ2) is 10.7. The summed E-state index contributed by atoms with van der Waals surface area (Å²) in [5.74, 6) is 4.79. The molecular formula is C31H54O2. The van der Waals surface area contributed by atoms with Gasteiger partial charge in [0.05, 0.1) is 11.7 Å². The first-order chi connectivity index (χ1) is 15.7. The number of aliphatic hydroxyl groups excluding tert-OH is 1. The minimum atomic E-state index is -0.519. The van der Waals surface area contributed by atoms with Crippen molar-refractivity contribution in [3.05, 3.63) is 11.6 Å². The highest BCUT2D eigenvalue weighted by atomic mass is 16.3. The molecule has 2 N–H and O–H groups in total. The van der Waals surface area contributed by atoms with E-state index in [9.17, 15) is 10.2 Å². The predicted molar refractivity (Wildman–Crippen MR) is 139 cm³/mol. The molecule has 0 aliphatic heterocycles. The summed E-state index contributed by atoms with van der Waals surface area (Å²) in [6.45, 7) is 9.42. The van der Waals surface area contributed by atoms with Crippen LogP contribution in [0, 0.1) is 40.9 Å². The molecule has 8 atom stereocenters. The lowest BCUT2D eigenvalue weighted by molar-refractivity contribution is -0.0113. The van der Waals surface area contributed by atoms with E-state index in [1.807, 2.05) is 0 Å². The summed E-state index contributed by atoms with van der Waals surface area (Å²) in [7, 11) is 0. The molecule has 2 nitrogen and oxygen atoms in total. The van der Waals surface area contributed by atoms with Gasteiger partial charge in [0.1, 0.15) is 0 Å². The van der Waals surface area contributed by atoms with Crippen LogP contribution < -0.4 is 0 Å². The van der Waals surface area contributed by atoms with E-state index < -0.39 is 5.60 Å². The molecule has 0 bridgehead atoms. The molecule has 0 heterocycles. The molecule has 0 aromatic carbocycles. The molecule has 4 aliphatic rings. The van der Waals surface area contributed by atoms with Gasteiger partial charge in [-0.3, -0.25) is 0 Å². The molecule has 33 heavy (non-hydrogen) atoms. The summed E-state index contributed by atoms with van der Waals surface area (Å²) in [6.07, 6.45) is 22.2. The maximum Gasteiger partial charge on any atom is 0.0656 e. The van der Waals surface area contributed by atoms with Gasteiger partial charge in [0.2, 0.25) is 0 Å². The fraction of sp³-hybridized carbons (Fsp3) is 0.935. The number of hydrogen-bond acceptors (Lipinski definition) is 2. The highest BCUT2D eigenvalue weighted by molar-refractivity contribution is 5.16. The lowest BCUT2D eigenvalue weighted by atomic mass is 9.54. The second-order valence-electron chi connectivity index (χ2n) is 13.5. The Morgan fingerprint density at radius 2 is 1.88 bits per heavy atom. The van der Waals surface area contributed by atoms with E-state index in [0.717, 1.165) is 55.3 Å². The zero-order chi connectivity index (χ0) is 23.6. The Kier molecular flexibility index (Phi) is 8.37. The Hall–Kier alpha value is -0.340. The maximum absolute atomic E-state index is 10.9. The van der Waals surface area contributed by atoms with Gasteiger partial charge in [0, 0.05) is 0 Å². The number of unbranched alkanes of at least 4 members (excludes halogenated alkanes) is 1. The largest absolute Gasteiger partial charge is 0.393 e. The molecule has 3 fully saturated rings. The van der Waals surface area contributed by atoms with Crippen LogP contribution in [0.2, 0.25) is 0 Å². The first-order valence-electron chi connectivity index (χ1n) is 14.8. The fourth-order valence-corrected chi connectivity index (χ4v) is 9.17. The molecule has 0 spiro atoms. The van der Waals surface area contributed by atoms with Crippen molar-refractivity contribution >= 4 is 0 Å². The Balaban J connectivity index is 1.33. The van der Waals surface area contributed by atoms with Crippen LogP contribution in [-0.2, 0) is 0 Å². The van der Waals surface area contributed by atoms with Crippen molar-refractivity contribution in [2.24, 2.45) is 40.9 Å². The maximum atomic E-state index is 10.9. The molecule has 190 valence electrons. The Morgan fingerprint density at radius 1 is 1.12 bits per heavy atom. The average molecular weight is 459 g/mol. The van der Waals surface area contributed by atoms with Crippen LogP contribution in [0.1, 0.15) is 130 Å². The number of hydrogen-bond donors (Lipinski definition) is 2. The highest BCUT2D eigenvalue weighted by Crippen LogP contribution is 2.63. The van der Waals surface area contributed by atoms with Crippen LogP contribution in [0.4, 0.5) is 0 Å². The van der Waals surface area contributed by atoms with Gasteiger partial charge in [-0.15, -0.1) is 0 Å². The van der Waals surface area contributed by atoms with Gasteiger partial charge in [-0.1, -0.05) is 58.1 Å². The smallest absolute Gasteiger partial charge is 0.0656 e. The third kappa shape index (κ3) is 5.74. The predicted octanol–water partition coefficient (Wildman–Crippen LogP) is 8.06. The minimum absolute atomic E-state index is 0.0490. The Labute approximate surface area is 205 Å². The van der Waals surface area contributed by atoms with Gasteiger partial charge in [0.25, 0.3) is 0 Å². The summed E-state index contributed by atoms with van der Waals surface area (Å²) in [5, 5.41) is 21.6. The standard InChI is InChI=1S/C31H54O2/c1-5-6-18-30(3,33)21-23-12-13-26-25(20-23)17-19-31(4)27(14-15-28(26)31)22(2)11-16-29(32)24-9-7-8-10-24/h12,22,24-29,32-33H,5-11,13-21H2,1-4H3/t22-,25-,26-,27-,28+,29+,30?,31-/m1/s1. The number of fused-ring (bicyclic) bond motifs is 3. The van der Waals surface area contributed by atoms with Crippen molar-refractivity contribution in [1.82, 2.24) is 0 Å². The molecule has 2 heteroatoms. The topological polar surface area (TPSA) is 40.5 Å². The molecule has 4 aliphatic carbocycles. The van der Waals surface area contributed by atoms with Crippen molar-refractivity contribution < 1.29 is 10.2 Å².